The standard InChI is InChI=1S/C26H23N7O3/c1-3-24(34)28-19-8-5-10-22(14-19)36-25-12-6-11-23-30-26(31-33(23)25)29-20-15-27-32(17-20)16-18-7-4-9-21(13-18)35-2/h3-15,17H,1,16H2,2H3,(H,28,34)(H,29,31). The van der Waals surface area contributed by atoms with E-state index < -0.39 is 0 Å². The van der Waals surface area contributed by atoms with Crippen molar-refractivity contribution in [3.05, 3.63) is 97.3 Å². The van der Waals surface area contributed by atoms with Crippen molar-refractivity contribution < 1.29 is 14.3 Å². The van der Waals surface area contributed by atoms with Gasteiger partial charge in [-0.3, -0.25) is 9.48 Å². The SMILES string of the molecule is C=CC(=O)Nc1cccc(Oc2cccc3nc(Nc4cnn(Cc5cccc(OC)c5)c4)nn23)c1. The summed E-state index contributed by atoms with van der Waals surface area (Å²) in [6.07, 6.45) is 4.80. The van der Waals surface area contributed by atoms with Crippen LogP contribution in [0.25, 0.3) is 5.65 Å². The van der Waals surface area contributed by atoms with Crippen molar-refractivity contribution in [2.24, 2.45) is 0 Å². The number of amides is 1. The first kappa shape index (κ1) is 22.7. The van der Waals surface area contributed by atoms with Crippen LogP contribution in [-0.4, -0.2) is 37.4 Å². The summed E-state index contributed by atoms with van der Waals surface area (Å²) in [4.78, 5) is 16.1. The average molecular weight is 482 g/mol. The molecular formula is C26H23N7O3. The number of hydrogen-bond acceptors (Lipinski definition) is 7. The minimum atomic E-state index is -0.298. The van der Waals surface area contributed by atoms with E-state index in [1.807, 2.05) is 47.3 Å². The zero-order chi connectivity index (χ0) is 24.9. The number of benzene rings is 2. The molecule has 2 N–H and O–H groups in total. The monoisotopic (exact) mass is 481 g/mol. The maximum Gasteiger partial charge on any atom is 0.247 e. The van der Waals surface area contributed by atoms with Crippen LogP contribution in [0.5, 0.6) is 17.4 Å². The molecule has 3 heterocycles. The smallest absolute Gasteiger partial charge is 0.247 e. The lowest BCUT2D eigenvalue weighted by atomic mass is 10.2. The van der Waals surface area contributed by atoms with E-state index in [1.54, 1.807) is 48.2 Å². The minimum absolute atomic E-state index is 0.298. The molecule has 180 valence electrons. The lowest BCUT2D eigenvalue weighted by Gasteiger charge is -2.08. The maximum absolute atomic E-state index is 11.6. The molecule has 3 aromatic heterocycles. The number of anilines is 3. The van der Waals surface area contributed by atoms with Gasteiger partial charge in [-0.1, -0.05) is 30.8 Å². The van der Waals surface area contributed by atoms with Gasteiger partial charge in [-0.15, -0.1) is 5.10 Å². The van der Waals surface area contributed by atoms with Crippen molar-refractivity contribution in [1.29, 1.82) is 0 Å². The van der Waals surface area contributed by atoms with E-state index in [4.69, 9.17) is 9.47 Å². The average Bonchev–Trinajstić information content (AvgIpc) is 3.51. The van der Waals surface area contributed by atoms with Gasteiger partial charge in [-0.05, 0) is 42.0 Å². The molecule has 0 saturated heterocycles. The summed E-state index contributed by atoms with van der Waals surface area (Å²) in [6, 6.07) is 20.3. The second kappa shape index (κ2) is 10.0. The fourth-order valence-corrected chi connectivity index (χ4v) is 3.56. The number of fused-ring (bicyclic) bond motifs is 1. The minimum Gasteiger partial charge on any atom is -0.497 e. The number of methoxy groups -OCH3 is 1. The Bertz CT molecular complexity index is 1540. The Hall–Kier alpha value is -5.12. The van der Waals surface area contributed by atoms with Crippen molar-refractivity contribution in [1.82, 2.24) is 24.4 Å². The van der Waals surface area contributed by atoms with Crippen LogP contribution in [0.4, 0.5) is 17.3 Å². The molecule has 10 nitrogen and oxygen atoms in total. The molecule has 5 aromatic rings. The van der Waals surface area contributed by atoms with Crippen LogP contribution in [-0.2, 0) is 11.3 Å². The Balaban J connectivity index is 1.31. The van der Waals surface area contributed by atoms with Crippen LogP contribution in [0.2, 0.25) is 0 Å². The first-order valence-electron chi connectivity index (χ1n) is 11.1. The molecule has 2 aromatic carbocycles. The lowest BCUT2D eigenvalue weighted by Crippen LogP contribution is -2.07. The molecule has 0 fully saturated rings. The van der Waals surface area contributed by atoms with Crippen LogP contribution < -0.4 is 20.1 Å². The molecule has 0 unspecified atom stereocenters. The van der Waals surface area contributed by atoms with Gasteiger partial charge in [0.1, 0.15) is 11.5 Å². The first-order chi connectivity index (χ1) is 17.6. The molecule has 0 aliphatic heterocycles. The summed E-state index contributed by atoms with van der Waals surface area (Å²) >= 11 is 0. The van der Waals surface area contributed by atoms with Crippen LogP contribution >= 0.6 is 0 Å². The van der Waals surface area contributed by atoms with Gasteiger partial charge in [-0.2, -0.15) is 14.6 Å². The number of nitrogens with one attached hydrogen (secondary N) is 2. The number of carbonyl (C=O) groups is 1. The topological polar surface area (TPSA) is 108 Å². The van der Waals surface area contributed by atoms with E-state index in [9.17, 15) is 4.79 Å². The fourth-order valence-electron chi connectivity index (χ4n) is 3.56. The third-order valence-corrected chi connectivity index (χ3v) is 5.20. The lowest BCUT2D eigenvalue weighted by molar-refractivity contribution is -0.111. The predicted octanol–water partition coefficient (Wildman–Crippen LogP) is 4.64. The molecule has 0 saturated carbocycles. The summed E-state index contributed by atoms with van der Waals surface area (Å²) in [5, 5.41) is 14.9. The van der Waals surface area contributed by atoms with Gasteiger partial charge in [0, 0.05) is 24.0 Å². The van der Waals surface area contributed by atoms with E-state index in [-0.39, 0.29) is 5.91 Å². The number of pyridine rings is 1. The van der Waals surface area contributed by atoms with Gasteiger partial charge in [0.25, 0.3) is 0 Å². The van der Waals surface area contributed by atoms with Crippen molar-refractivity contribution >= 4 is 28.9 Å². The van der Waals surface area contributed by atoms with Crippen LogP contribution in [0.1, 0.15) is 5.56 Å². The normalized spacial score (nSPS) is 10.7. The van der Waals surface area contributed by atoms with Crippen molar-refractivity contribution in [2.45, 2.75) is 6.54 Å². The summed E-state index contributed by atoms with van der Waals surface area (Å²) < 4.78 is 14.7. The molecule has 1 amide bonds. The van der Waals surface area contributed by atoms with Gasteiger partial charge in [0.15, 0.2) is 5.65 Å². The molecule has 10 heteroatoms. The van der Waals surface area contributed by atoms with Gasteiger partial charge in [-0.25, -0.2) is 0 Å². The van der Waals surface area contributed by atoms with Crippen LogP contribution in [0.3, 0.4) is 0 Å². The van der Waals surface area contributed by atoms with Gasteiger partial charge < -0.3 is 20.1 Å². The Labute approximate surface area is 206 Å². The largest absolute Gasteiger partial charge is 0.497 e. The Morgan fingerprint density at radius 2 is 1.89 bits per heavy atom. The van der Waals surface area contributed by atoms with E-state index >= 15 is 0 Å². The second-order valence-electron chi connectivity index (χ2n) is 7.80. The molecule has 5 rings (SSSR count). The van der Waals surface area contributed by atoms with Crippen LogP contribution in [0.15, 0.2) is 91.8 Å². The number of rotatable bonds is 9. The molecule has 36 heavy (non-hydrogen) atoms. The number of hydrogen-bond donors (Lipinski definition) is 2. The summed E-state index contributed by atoms with van der Waals surface area (Å²) in [7, 11) is 1.65. The van der Waals surface area contributed by atoms with Crippen molar-refractivity contribution in [3.8, 4) is 17.4 Å². The first-order valence-corrected chi connectivity index (χ1v) is 11.1. The maximum atomic E-state index is 11.6. The molecule has 0 aliphatic carbocycles. The highest BCUT2D eigenvalue weighted by molar-refractivity contribution is 5.98. The molecule has 0 bridgehead atoms. The van der Waals surface area contributed by atoms with Crippen LogP contribution in [0, 0.1) is 0 Å². The Morgan fingerprint density at radius 1 is 1.06 bits per heavy atom. The van der Waals surface area contributed by atoms with E-state index in [1.165, 1.54) is 6.08 Å². The summed E-state index contributed by atoms with van der Waals surface area (Å²) in [5.74, 6) is 1.91. The van der Waals surface area contributed by atoms with Gasteiger partial charge in [0.05, 0.1) is 25.5 Å². The number of nitrogens with zero attached hydrogens (tertiary/aromatic N) is 5. The highest BCUT2D eigenvalue weighted by Crippen LogP contribution is 2.25. The Kier molecular flexibility index (Phi) is 6.31. The summed E-state index contributed by atoms with van der Waals surface area (Å²) in [5.41, 5.74) is 3.03. The van der Waals surface area contributed by atoms with E-state index in [2.05, 4.69) is 32.4 Å². The summed E-state index contributed by atoms with van der Waals surface area (Å²) in [6.45, 7) is 4.06. The quantitative estimate of drug-likeness (QED) is 0.295. The van der Waals surface area contributed by atoms with Crippen molar-refractivity contribution in [2.75, 3.05) is 17.7 Å². The number of carbonyl (C=O) groups excluding carboxylic acids is 1. The third kappa shape index (κ3) is 5.17. The molecule has 0 aliphatic rings. The highest BCUT2D eigenvalue weighted by atomic mass is 16.5. The number of aromatic nitrogens is 5. The zero-order valence-corrected chi connectivity index (χ0v) is 19.5. The predicted molar refractivity (Wildman–Crippen MR) is 136 cm³/mol. The molecule has 0 radical (unpaired) electrons. The van der Waals surface area contributed by atoms with Crippen molar-refractivity contribution in [3.63, 3.8) is 0 Å². The number of ether oxygens (including phenoxy) is 2. The van der Waals surface area contributed by atoms with Gasteiger partial charge >= 0.3 is 0 Å². The Morgan fingerprint density at radius 3 is 2.75 bits per heavy atom. The fraction of sp³-hybridized carbons (Fsp3) is 0.0769. The van der Waals surface area contributed by atoms with E-state index in [0.717, 1.165) is 17.0 Å². The van der Waals surface area contributed by atoms with Gasteiger partial charge in [0.2, 0.25) is 17.7 Å². The molecule has 0 spiro atoms. The van der Waals surface area contributed by atoms with E-state index in [0.29, 0.717) is 35.5 Å². The highest BCUT2D eigenvalue weighted by Gasteiger charge is 2.11. The molecule has 0 atom stereocenters. The third-order valence-electron chi connectivity index (χ3n) is 5.20. The second-order valence-corrected chi connectivity index (χ2v) is 7.80. The zero-order valence-electron chi connectivity index (χ0n) is 19.5. The molecular weight excluding hydrogens is 458 g/mol.